The van der Waals surface area contributed by atoms with E-state index in [-0.39, 0.29) is 30.8 Å². The zero-order valence-corrected chi connectivity index (χ0v) is 18.6. The van der Waals surface area contributed by atoms with Crippen LogP contribution in [0.3, 0.4) is 0 Å². The van der Waals surface area contributed by atoms with Gasteiger partial charge in [-0.2, -0.15) is 0 Å². The molecule has 2 atom stereocenters. The predicted octanol–water partition coefficient (Wildman–Crippen LogP) is 5.26. The summed E-state index contributed by atoms with van der Waals surface area (Å²) in [6.07, 6.45) is 1.50. The number of nitrogens with one attached hydrogen (secondary N) is 1. The number of rotatable bonds is 9. The maximum absolute atomic E-state index is 13.3. The maximum atomic E-state index is 13.3. The molecule has 0 aliphatic rings. The summed E-state index contributed by atoms with van der Waals surface area (Å²) in [5.41, 5.74) is 1.62. The third-order valence-electron chi connectivity index (χ3n) is 4.93. The second-order valence-corrected chi connectivity index (χ2v) is 8.01. The lowest BCUT2D eigenvalue weighted by molar-refractivity contribution is -0.141. The maximum Gasteiger partial charge on any atom is 0.243 e. The number of halogens is 2. The Hall–Kier alpha value is -2.04. The van der Waals surface area contributed by atoms with Gasteiger partial charge in [0.25, 0.3) is 0 Å². The summed E-state index contributed by atoms with van der Waals surface area (Å²) in [7, 11) is 0. The van der Waals surface area contributed by atoms with Crippen molar-refractivity contribution in [3.8, 4) is 0 Å². The molecule has 29 heavy (non-hydrogen) atoms. The molecule has 156 valence electrons. The van der Waals surface area contributed by atoms with Crippen LogP contribution in [-0.2, 0) is 22.6 Å². The van der Waals surface area contributed by atoms with Crippen LogP contribution in [0.25, 0.3) is 0 Å². The molecule has 0 radical (unpaired) electrons. The molecular formula is C23H28Cl2N2O2. The van der Waals surface area contributed by atoms with Gasteiger partial charge in [-0.25, -0.2) is 0 Å². The van der Waals surface area contributed by atoms with E-state index in [1.54, 1.807) is 23.1 Å². The van der Waals surface area contributed by atoms with E-state index in [4.69, 9.17) is 23.2 Å². The first-order chi connectivity index (χ1) is 13.8. The van der Waals surface area contributed by atoms with Crippen LogP contribution in [-0.4, -0.2) is 28.8 Å². The Bertz CT molecular complexity index is 841. The van der Waals surface area contributed by atoms with Crippen molar-refractivity contribution in [2.45, 2.75) is 58.7 Å². The second-order valence-electron chi connectivity index (χ2n) is 7.16. The van der Waals surface area contributed by atoms with E-state index >= 15 is 0 Å². The first-order valence-corrected chi connectivity index (χ1v) is 10.7. The van der Waals surface area contributed by atoms with Crippen LogP contribution in [0.1, 0.15) is 44.7 Å². The number of hydrogen-bond donors (Lipinski definition) is 1. The first-order valence-electron chi connectivity index (χ1n) is 9.93. The van der Waals surface area contributed by atoms with E-state index in [2.05, 4.69) is 5.32 Å². The van der Waals surface area contributed by atoms with Gasteiger partial charge >= 0.3 is 0 Å². The third kappa shape index (κ3) is 6.76. The molecule has 0 unspecified atom stereocenters. The lowest BCUT2D eigenvalue weighted by atomic mass is 10.1. The summed E-state index contributed by atoms with van der Waals surface area (Å²) in [4.78, 5) is 27.8. The zero-order chi connectivity index (χ0) is 21.4. The fourth-order valence-corrected chi connectivity index (χ4v) is 3.50. The molecule has 0 aromatic heterocycles. The van der Waals surface area contributed by atoms with Gasteiger partial charge in [-0.05, 0) is 49.1 Å². The van der Waals surface area contributed by atoms with Crippen molar-refractivity contribution in [2.24, 2.45) is 0 Å². The van der Waals surface area contributed by atoms with Crippen LogP contribution in [0.4, 0.5) is 0 Å². The van der Waals surface area contributed by atoms with Gasteiger partial charge in [0, 0.05) is 22.6 Å². The monoisotopic (exact) mass is 434 g/mol. The van der Waals surface area contributed by atoms with Crippen molar-refractivity contribution in [1.29, 1.82) is 0 Å². The molecular weight excluding hydrogens is 407 g/mol. The number of amides is 2. The quantitative estimate of drug-likeness (QED) is 0.584. The van der Waals surface area contributed by atoms with E-state index in [0.29, 0.717) is 16.5 Å². The number of benzene rings is 2. The normalized spacial score (nSPS) is 12.9. The first kappa shape index (κ1) is 23.2. The Balaban J connectivity index is 2.31. The minimum Gasteiger partial charge on any atom is -0.352 e. The highest BCUT2D eigenvalue weighted by Crippen LogP contribution is 2.21. The van der Waals surface area contributed by atoms with E-state index in [0.717, 1.165) is 17.5 Å². The molecule has 0 saturated carbocycles. The number of carbonyl (C=O) groups excluding carboxylic acids is 2. The van der Waals surface area contributed by atoms with E-state index in [1.165, 1.54) is 0 Å². The standard InChI is InChI=1S/C23H28Cl2N2O2/c1-4-16(3)26-23(29)21(5-2)27(15-18-10-6-7-12-20(18)25)22(28)14-17-9-8-11-19(24)13-17/h6-13,16,21H,4-5,14-15H2,1-3H3,(H,26,29)/t16-,21-/m0/s1. The SMILES string of the molecule is CC[C@H](C)NC(=O)[C@H](CC)N(Cc1ccccc1Cl)C(=O)Cc1cccc(Cl)c1. The number of hydrogen-bond acceptors (Lipinski definition) is 2. The van der Waals surface area contributed by atoms with Crippen molar-refractivity contribution in [1.82, 2.24) is 10.2 Å². The summed E-state index contributed by atoms with van der Waals surface area (Å²) in [5.74, 6) is -0.285. The Labute approximate surface area is 183 Å². The molecule has 2 aromatic rings. The lowest BCUT2D eigenvalue weighted by Gasteiger charge is -2.32. The third-order valence-corrected chi connectivity index (χ3v) is 5.53. The summed E-state index contributed by atoms with van der Waals surface area (Å²) in [6, 6.07) is 14.1. The zero-order valence-electron chi connectivity index (χ0n) is 17.1. The van der Waals surface area contributed by atoms with Gasteiger partial charge in [0.2, 0.25) is 11.8 Å². The fourth-order valence-electron chi connectivity index (χ4n) is 3.09. The summed E-state index contributed by atoms with van der Waals surface area (Å²) in [6.45, 7) is 6.15. The lowest BCUT2D eigenvalue weighted by Crippen LogP contribution is -2.51. The molecule has 0 heterocycles. The van der Waals surface area contributed by atoms with Crippen molar-refractivity contribution in [2.75, 3.05) is 0 Å². The predicted molar refractivity (Wildman–Crippen MR) is 119 cm³/mol. The number of nitrogens with zero attached hydrogens (tertiary/aromatic N) is 1. The van der Waals surface area contributed by atoms with Crippen LogP contribution >= 0.6 is 23.2 Å². The van der Waals surface area contributed by atoms with E-state index in [1.807, 2.05) is 51.1 Å². The van der Waals surface area contributed by atoms with Crippen LogP contribution in [0.2, 0.25) is 10.0 Å². The molecule has 4 nitrogen and oxygen atoms in total. The van der Waals surface area contributed by atoms with Gasteiger partial charge in [0.1, 0.15) is 6.04 Å². The van der Waals surface area contributed by atoms with Gasteiger partial charge < -0.3 is 10.2 Å². The molecule has 6 heteroatoms. The Morgan fingerprint density at radius 2 is 1.76 bits per heavy atom. The van der Waals surface area contributed by atoms with Gasteiger partial charge in [-0.3, -0.25) is 9.59 Å². The highest BCUT2D eigenvalue weighted by molar-refractivity contribution is 6.31. The minimum atomic E-state index is -0.577. The van der Waals surface area contributed by atoms with Crippen LogP contribution < -0.4 is 5.32 Å². The summed E-state index contributed by atoms with van der Waals surface area (Å²) >= 11 is 12.4. The molecule has 0 aliphatic heterocycles. The van der Waals surface area contributed by atoms with Gasteiger partial charge in [0.15, 0.2) is 0 Å². The van der Waals surface area contributed by atoms with E-state index < -0.39 is 6.04 Å². The topological polar surface area (TPSA) is 49.4 Å². The van der Waals surface area contributed by atoms with Crippen molar-refractivity contribution >= 4 is 35.0 Å². The molecule has 0 bridgehead atoms. The Morgan fingerprint density at radius 3 is 2.38 bits per heavy atom. The van der Waals surface area contributed by atoms with Gasteiger partial charge in [0.05, 0.1) is 6.42 Å². The molecule has 0 spiro atoms. The van der Waals surface area contributed by atoms with Gasteiger partial charge in [-0.15, -0.1) is 0 Å². The number of carbonyl (C=O) groups is 2. The summed E-state index contributed by atoms with van der Waals surface area (Å²) in [5, 5.41) is 4.15. The molecule has 0 saturated heterocycles. The average molecular weight is 435 g/mol. The van der Waals surface area contributed by atoms with Crippen LogP contribution in [0, 0.1) is 0 Å². The largest absolute Gasteiger partial charge is 0.352 e. The Kier molecular flexibility index (Phi) is 8.99. The summed E-state index contributed by atoms with van der Waals surface area (Å²) < 4.78 is 0. The fraction of sp³-hybridized carbons (Fsp3) is 0.391. The highest BCUT2D eigenvalue weighted by atomic mass is 35.5. The molecule has 2 amide bonds. The molecule has 0 fully saturated rings. The Morgan fingerprint density at radius 1 is 1.03 bits per heavy atom. The molecule has 2 aromatic carbocycles. The second kappa shape index (κ2) is 11.2. The average Bonchev–Trinajstić information content (AvgIpc) is 2.69. The molecule has 2 rings (SSSR count). The molecule has 0 aliphatic carbocycles. The van der Waals surface area contributed by atoms with Gasteiger partial charge in [-0.1, -0.05) is 67.4 Å². The van der Waals surface area contributed by atoms with E-state index in [9.17, 15) is 9.59 Å². The highest BCUT2D eigenvalue weighted by Gasteiger charge is 2.29. The molecule has 1 N–H and O–H groups in total. The van der Waals surface area contributed by atoms with Crippen molar-refractivity contribution in [3.63, 3.8) is 0 Å². The van der Waals surface area contributed by atoms with Crippen LogP contribution in [0.5, 0.6) is 0 Å². The van der Waals surface area contributed by atoms with Crippen molar-refractivity contribution in [3.05, 3.63) is 69.7 Å². The minimum absolute atomic E-state index is 0.0433. The van der Waals surface area contributed by atoms with Crippen LogP contribution in [0.15, 0.2) is 48.5 Å². The smallest absolute Gasteiger partial charge is 0.243 e. The van der Waals surface area contributed by atoms with Crippen molar-refractivity contribution < 1.29 is 9.59 Å².